The Morgan fingerprint density at radius 2 is 1.76 bits per heavy atom. The number of amides is 1. The van der Waals surface area contributed by atoms with Gasteiger partial charge in [-0.05, 0) is 49.4 Å². The Hall–Kier alpha value is -2.63. The molecule has 0 aliphatic carbocycles. The molecule has 0 aliphatic rings. The van der Waals surface area contributed by atoms with E-state index in [4.69, 9.17) is 9.84 Å². The van der Waals surface area contributed by atoms with E-state index in [1.165, 1.54) is 10.4 Å². The molecular weight excluding hydrogens is 382 g/mol. The van der Waals surface area contributed by atoms with E-state index < -0.39 is 0 Å². The van der Waals surface area contributed by atoms with E-state index in [9.17, 15) is 4.79 Å². The van der Waals surface area contributed by atoms with Crippen LogP contribution in [0.4, 0.5) is 0 Å². The number of thiophene rings is 1. The Morgan fingerprint density at radius 1 is 1.03 bits per heavy atom. The van der Waals surface area contributed by atoms with Crippen LogP contribution in [0.3, 0.4) is 0 Å². The smallest absolute Gasteiger partial charge is 0.251 e. The highest BCUT2D eigenvalue weighted by molar-refractivity contribution is 7.13. The SMILES string of the molecule is Cc1cc(CCCc2ccccc2C(=O)NCCO)c(OCc2ccccc2)s1. The van der Waals surface area contributed by atoms with Crippen molar-refractivity contribution in [3.63, 3.8) is 0 Å². The van der Waals surface area contributed by atoms with Crippen molar-refractivity contribution in [2.24, 2.45) is 0 Å². The summed E-state index contributed by atoms with van der Waals surface area (Å²) >= 11 is 1.69. The summed E-state index contributed by atoms with van der Waals surface area (Å²) in [6.07, 6.45) is 2.65. The first kappa shape index (κ1) is 21.1. The maximum Gasteiger partial charge on any atom is 0.251 e. The van der Waals surface area contributed by atoms with E-state index in [1.807, 2.05) is 42.5 Å². The van der Waals surface area contributed by atoms with Gasteiger partial charge in [0, 0.05) is 22.5 Å². The van der Waals surface area contributed by atoms with Crippen molar-refractivity contribution in [1.29, 1.82) is 0 Å². The molecule has 5 heteroatoms. The lowest BCUT2D eigenvalue weighted by atomic mass is 10.00. The van der Waals surface area contributed by atoms with E-state index in [-0.39, 0.29) is 19.1 Å². The van der Waals surface area contributed by atoms with Crippen LogP contribution < -0.4 is 10.1 Å². The Kier molecular flexibility index (Phi) is 7.85. The molecule has 0 fully saturated rings. The Morgan fingerprint density at radius 3 is 2.55 bits per heavy atom. The number of aliphatic hydroxyl groups is 1. The van der Waals surface area contributed by atoms with Crippen LogP contribution >= 0.6 is 11.3 Å². The average molecular weight is 410 g/mol. The Balaban J connectivity index is 1.59. The van der Waals surface area contributed by atoms with Gasteiger partial charge in [-0.3, -0.25) is 4.79 Å². The van der Waals surface area contributed by atoms with Crippen molar-refractivity contribution in [2.45, 2.75) is 32.8 Å². The Labute approximate surface area is 176 Å². The second kappa shape index (κ2) is 10.8. The van der Waals surface area contributed by atoms with Crippen molar-refractivity contribution in [3.8, 4) is 5.06 Å². The van der Waals surface area contributed by atoms with Crippen LogP contribution in [0.15, 0.2) is 60.7 Å². The molecular formula is C24H27NO3S. The summed E-state index contributed by atoms with van der Waals surface area (Å²) < 4.78 is 6.08. The monoisotopic (exact) mass is 409 g/mol. The summed E-state index contributed by atoms with van der Waals surface area (Å²) in [4.78, 5) is 13.5. The fraction of sp³-hybridized carbons (Fsp3) is 0.292. The number of aliphatic hydroxyl groups excluding tert-OH is 1. The first-order chi connectivity index (χ1) is 14.2. The molecule has 29 heavy (non-hydrogen) atoms. The summed E-state index contributed by atoms with van der Waals surface area (Å²) in [5.41, 5.74) is 4.10. The zero-order valence-electron chi connectivity index (χ0n) is 16.7. The second-order valence-corrected chi connectivity index (χ2v) is 8.15. The lowest BCUT2D eigenvalue weighted by Crippen LogP contribution is -2.27. The molecule has 1 amide bonds. The van der Waals surface area contributed by atoms with E-state index in [2.05, 4.69) is 30.4 Å². The highest BCUT2D eigenvalue weighted by Crippen LogP contribution is 2.32. The summed E-state index contributed by atoms with van der Waals surface area (Å²) in [6.45, 7) is 2.88. The molecule has 0 radical (unpaired) electrons. The standard InChI is InChI=1S/C24H27NO3S/c1-18-16-21(24(29-18)28-17-19-8-3-2-4-9-19)12-7-11-20-10-5-6-13-22(20)23(27)25-14-15-26/h2-6,8-10,13,16,26H,7,11-12,14-15,17H2,1H3,(H,25,27). The minimum atomic E-state index is -0.132. The molecule has 0 aliphatic heterocycles. The second-order valence-electron chi connectivity index (χ2n) is 6.93. The molecule has 3 aromatic rings. The number of carbonyl (C=O) groups excluding carboxylic acids is 1. The van der Waals surface area contributed by atoms with Gasteiger partial charge in [0.25, 0.3) is 5.91 Å². The van der Waals surface area contributed by atoms with Crippen molar-refractivity contribution in [3.05, 3.63) is 87.8 Å². The van der Waals surface area contributed by atoms with Crippen LogP contribution in [0.2, 0.25) is 0 Å². The van der Waals surface area contributed by atoms with Crippen molar-refractivity contribution in [2.75, 3.05) is 13.2 Å². The first-order valence-corrected chi connectivity index (χ1v) is 10.7. The molecule has 152 valence electrons. The van der Waals surface area contributed by atoms with Gasteiger partial charge in [-0.2, -0.15) is 0 Å². The van der Waals surface area contributed by atoms with Crippen LogP contribution in [-0.2, 0) is 19.4 Å². The largest absolute Gasteiger partial charge is 0.479 e. The van der Waals surface area contributed by atoms with Gasteiger partial charge in [0.2, 0.25) is 0 Å². The third-order valence-electron chi connectivity index (χ3n) is 4.66. The number of benzene rings is 2. The van der Waals surface area contributed by atoms with Crippen LogP contribution in [0.5, 0.6) is 5.06 Å². The quantitative estimate of drug-likeness (QED) is 0.517. The number of hydrogen-bond donors (Lipinski definition) is 2. The normalized spacial score (nSPS) is 10.7. The molecule has 2 aromatic carbocycles. The van der Waals surface area contributed by atoms with Gasteiger partial charge in [-0.1, -0.05) is 48.5 Å². The number of hydrogen-bond acceptors (Lipinski definition) is 4. The molecule has 2 N–H and O–H groups in total. The first-order valence-electron chi connectivity index (χ1n) is 9.90. The van der Waals surface area contributed by atoms with E-state index in [1.54, 1.807) is 11.3 Å². The molecule has 0 atom stereocenters. The maximum absolute atomic E-state index is 12.3. The number of rotatable bonds is 10. The third-order valence-corrected chi connectivity index (χ3v) is 5.66. The molecule has 3 rings (SSSR count). The fourth-order valence-electron chi connectivity index (χ4n) is 3.26. The number of nitrogens with one attached hydrogen (secondary N) is 1. The molecule has 0 saturated heterocycles. The third kappa shape index (κ3) is 6.17. The number of aryl methyl sites for hydroxylation is 3. The topological polar surface area (TPSA) is 58.6 Å². The zero-order valence-corrected chi connectivity index (χ0v) is 17.5. The Bertz CT molecular complexity index is 921. The van der Waals surface area contributed by atoms with Crippen molar-refractivity contribution >= 4 is 17.2 Å². The summed E-state index contributed by atoms with van der Waals surface area (Å²) in [5.74, 6) is -0.132. The van der Waals surface area contributed by atoms with Gasteiger partial charge in [0.05, 0.1) is 6.61 Å². The molecule has 0 bridgehead atoms. The van der Waals surface area contributed by atoms with Gasteiger partial charge in [0.15, 0.2) is 5.06 Å². The lowest BCUT2D eigenvalue weighted by Gasteiger charge is -2.10. The van der Waals surface area contributed by atoms with Gasteiger partial charge < -0.3 is 15.2 Å². The fourth-order valence-corrected chi connectivity index (χ4v) is 4.16. The van der Waals surface area contributed by atoms with Crippen LogP contribution in [0, 0.1) is 6.92 Å². The lowest BCUT2D eigenvalue weighted by molar-refractivity contribution is 0.0944. The molecule has 0 saturated carbocycles. The minimum absolute atomic E-state index is 0.0584. The average Bonchev–Trinajstić information content (AvgIpc) is 3.11. The molecule has 0 spiro atoms. The van der Waals surface area contributed by atoms with Crippen molar-refractivity contribution in [1.82, 2.24) is 5.32 Å². The molecule has 0 unspecified atom stereocenters. The van der Waals surface area contributed by atoms with Crippen LogP contribution in [0.1, 0.15) is 38.3 Å². The summed E-state index contributed by atoms with van der Waals surface area (Å²) in [6, 6.07) is 20.1. The zero-order chi connectivity index (χ0) is 20.5. The minimum Gasteiger partial charge on any atom is -0.479 e. The van der Waals surface area contributed by atoms with Gasteiger partial charge in [-0.25, -0.2) is 0 Å². The predicted molar refractivity (Wildman–Crippen MR) is 118 cm³/mol. The highest BCUT2D eigenvalue weighted by Gasteiger charge is 2.12. The van der Waals surface area contributed by atoms with Crippen molar-refractivity contribution < 1.29 is 14.6 Å². The van der Waals surface area contributed by atoms with E-state index >= 15 is 0 Å². The van der Waals surface area contributed by atoms with Crippen LogP contribution in [-0.4, -0.2) is 24.2 Å². The predicted octanol–water partition coefficient (Wildman–Crippen LogP) is 4.53. The number of carbonyl (C=O) groups is 1. The molecule has 1 aromatic heterocycles. The maximum atomic E-state index is 12.3. The van der Waals surface area contributed by atoms with Gasteiger partial charge in [0.1, 0.15) is 6.61 Å². The number of ether oxygens (including phenoxy) is 1. The van der Waals surface area contributed by atoms with E-state index in [0.29, 0.717) is 12.2 Å². The van der Waals surface area contributed by atoms with Gasteiger partial charge in [-0.15, -0.1) is 11.3 Å². The van der Waals surface area contributed by atoms with Crippen LogP contribution in [0.25, 0.3) is 0 Å². The van der Waals surface area contributed by atoms with E-state index in [0.717, 1.165) is 35.5 Å². The summed E-state index contributed by atoms with van der Waals surface area (Å²) in [5, 5.41) is 12.6. The molecule has 1 heterocycles. The molecule has 4 nitrogen and oxygen atoms in total. The van der Waals surface area contributed by atoms with Gasteiger partial charge >= 0.3 is 0 Å². The summed E-state index contributed by atoms with van der Waals surface area (Å²) in [7, 11) is 0. The highest BCUT2D eigenvalue weighted by atomic mass is 32.1.